The van der Waals surface area contributed by atoms with E-state index in [-0.39, 0.29) is 6.04 Å². The minimum Gasteiger partial charge on any atom is -0.327 e. The largest absolute Gasteiger partial charge is 0.327 e. The van der Waals surface area contributed by atoms with Crippen molar-refractivity contribution in [2.45, 2.75) is 73.4 Å². The molecule has 0 saturated heterocycles. The average Bonchev–Trinajstić information content (AvgIpc) is 2.65. The summed E-state index contributed by atoms with van der Waals surface area (Å²) in [4.78, 5) is 0. The van der Waals surface area contributed by atoms with Crippen molar-refractivity contribution in [3.05, 3.63) is 16.4 Å². The van der Waals surface area contributed by atoms with E-state index in [0.29, 0.717) is 11.3 Å². The lowest BCUT2D eigenvalue weighted by atomic mass is 9.78. The van der Waals surface area contributed by atoms with E-state index in [1.807, 2.05) is 4.68 Å². The van der Waals surface area contributed by atoms with Crippen LogP contribution in [0, 0.1) is 11.3 Å². The Morgan fingerprint density at radius 1 is 1.30 bits per heavy atom. The Bertz CT molecular complexity index is 432. The van der Waals surface area contributed by atoms with Crippen molar-refractivity contribution in [1.82, 2.24) is 9.78 Å². The molecule has 2 unspecified atom stereocenters. The molecular formula is C16H30ClN3. The minimum atomic E-state index is 0.133. The Morgan fingerprint density at radius 3 is 2.35 bits per heavy atom. The van der Waals surface area contributed by atoms with Gasteiger partial charge in [-0.15, -0.1) is 0 Å². The van der Waals surface area contributed by atoms with Crippen LogP contribution in [0.25, 0.3) is 0 Å². The van der Waals surface area contributed by atoms with E-state index >= 15 is 0 Å². The number of aryl methyl sites for hydroxylation is 2. The number of nitrogens with two attached hydrogens (primary N) is 1. The summed E-state index contributed by atoms with van der Waals surface area (Å²) in [5, 5.41) is 5.37. The third kappa shape index (κ3) is 4.23. The van der Waals surface area contributed by atoms with Gasteiger partial charge in [0.2, 0.25) is 0 Å². The van der Waals surface area contributed by atoms with E-state index in [1.54, 1.807) is 0 Å². The van der Waals surface area contributed by atoms with Gasteiger partial charge in [0.25, 0.3) is 0 Å². The van der Waals surface area contributed by atoms with Gasteiger partial charge < -0.3 is 5.73 Å². The van der Waals surface area contributed by atoms with Crippen LogP contribution >= 0.6 is 11.6 Å². The summed E-state index contributed by atoms with van der Waals surface area (Å²) in [6.45, 7) is 14.1. The maximum absolute atomic E-state index is 6.44. The van der Waals surface area contributed by atoms with E-state index in [0.717, 1.165) is 42.2 Å². The predicted molar refractivity (Wildman–Crippen MR) is 87.2 cm³/mol. The molecule has 1 rings (SSSR count). The zero-order valence-corrected chi connectivity index (χ0v) is 14.6. The van der Waals surface area contributed by atoms with Crippen LogP contribution in [0.4, 0.5) is 0 Å². The van der Waals surface area contributed by atoms with Crippen molar-refractivity contribution in [3.63, 3.8) is 0 Å². The van der Waals surface area contributed by atoms with Gasteiger partial charge in [-0.2, -0.15) is 5.10 Å². The molecule has 0 amide bonds. The van der Waals surface area contributed by atoms with Gasteiger partial charge in [-0.25, -0.2) is 0 Å². The molecule has 1 aromatic heterocycles. The number of rotatable bonds is 6. The lowest BCUT2D eigenvalue weighted by Gasteiger charge is -2.29. The van der Waals surface area contributed by atoms with Crippen molar-refractivity contribution >= 4 is 11.6 Å². The van der Waals surface area contributed by atoms with Crippen LogP contribution in [-0.2, 0) is 19.4 Å². The molecule has 2 N–H and O–H groups in total. The van der Waals surface area contributed by atoms with Crippen LogP contribution < -0.4 is 5.73 Å². The van der Waals surface area contributed by atoms with Crippen molar-refractivity contribution < 1.29 is 0 Å². The molecule has 0 saturated carbocycles. The van der Waals surface area contributed by atoms with Gasteiger partial charge in [0.05, 0.1) is 16.4 Å². The summed E-state index contributed by atoms with van der Waals surface area (Å²) in [6, 6.07) is 0.133. The summed E-state index contributed by atoms with van der Waals surface area (Å²) < 4.78 is 2.00. The molecule has 0 fully saturated rings. The summed E-state index contributed by atoms with van der Waals surface area (Å²) in [5.74, 6) is 0.583. The normalized spacial score (nSPS) is 15.4. The molecule has 0 aliphatic rings. The Morgan fingerprint density at radius 2 is 1.90 bits per heavy atom. The highest BCUT2D eigenvalue weighted by Crippen LogP contribution is 2.30. The highest BCUT2D eigenvalue weighted by Gasteiger charge is 2.24. The van der Waals surface area contributed by atoms with Gasteiger partial charge >= 0.3 is 0 Å². The highest BCUT2D eigenvalue weighted by atomic mass is 35.5. The Kier molecular flexibility index (Phi) is 6.08. The first-order chi connectivity index (χ1) is 9.20. The molecule has 20 heavy (non-hydrogen) atoms. The summed E-state index contributed by atoms with van der Waals surface area (Å²) in [5.41, 5.74) is 8.72. The standard InChI is InChI=1S/C16H30ClN3/c1-7-13-15(17)14(20(8-2)19-13)10-12(18)9-11(3)16(4,5)6/h11-12H,7-10,18H2,1-6H3. The Labute approximate surface area is 128 Å². The quantitative estimate of drug-likeness (QED) is 0.861. The molecule has 0 radical (unpaired) electrons. The minimum absolute atomic E-state index is 0.133. The zero-order valence-electron chi connectivity index (χ0n) is 13.8. The number of halogens is 1. The van der Waals surface area contributed by atoms with Crippen molar-refractivity contribution in [2.75, 3.05) is 0 Å². The molecule has 1 aromatic rings. The average molecular weight is 300 g/mol. The SMILES string of the molecule is CCc1nn(CC)c(CC(N)CC(C)C(C)(C)C)c1Cl. The van der Waals surface area contributed by atoms with E-state index < -0.39 is 0 Å². The second-order valence-electron chi connectivity index (χ2n) is 6.84. The van der Waals surface area contributed by atoms with Crippen LogP contribution in [-0.4, -0.2) is 15.8 Å². The Balaban J connectivity index is 2.80. The third-order valence-electron chi connectivity index (χ3n) is 4.28. The third-order valence-corrected chi connectivity index (χ3v) is 4.72. The molecule has 0 aliphatic carbocycles. The van der Waals surface area contributed by atoms with Crippen molar-refractivity contribution in [3.8, 4) is 0 Å². The van der Waals surface area contributed by atoms with Crippen molar-refractivity contribution in [2.24, 2.45) is 17.1 Å². The lowest BCUT2D eigenvalue weighted by molar-refractivity contribution is 0.232. The van der Waals surface area contributed by atoms with E-state index in [9.17, 15) is 0 Å². The van der Waals surface area contributed by atoms with Gasteiger partial charge in [-0.05, 0) is 31.1 Å². The van der Waals surface area contributed by atoms with Gasteiger partial charge in [-0.3, -0.25) is 4.68 Å². The second kappa shape index (κ2) is 6.95. The maximum Gasteiger partial charge on any atom is 0.0850 e. The number of nitrogens with zero attached hydrogens (tertiary/aromatic N) is 2. The molecule has 116 valence electrons. The first-order valence-electron chi connectivity index (χ1n) is 7.70. The first kappa shape index (κ1) is 17.5. The van der Waals surface area contributed by atoms with Gasteiger partial charge in [0.1, 0.15) is 0 Å². The van der Waals surface area contributed by atoms with E-state index in [4.69, 9.17) is 17.3 Å². The van der Waals surface area contributed by atoms with E-state index in [1.165, 1.54) is 0 Å². The number of aromatic nitrogens is 2. The highest BCUT2D eigenvalue weighted by molar-refractivity contribution is 6.31. The summed E-state index contributed by atoms with van der Waals surface area (Å²) in [7, 11) is 0. The number of hydrogen-bond donors (Lipinski definition) is 1. The van der Waals surface area contributed by atoms with E-state index in [2.05, 4.69) is 46.6 Å². The zero-order chi connectivity index (χ0) is 15.5. The topological polar surface area (TPSA) is 43.8 Å². The van der Waals surface area contributed by atoms with Gasteiger partial charge in [-0.1, -0.05) is 46.2 Å². The fraction of sp³-hybridized carbons (Fsp3) is 0.812. The molecule has 3 nitrogen and oxygen atoms in total. The molecule has 0 aliphatic heterocycles. The molecule has 0 bridgehead atoms. The fourth-order valence-corrected chi connectivity index (χ4v) is 2.70. The van der Waals surface area contributed by atoms with Gasteiger partial charge in [0, 0.05) is 19.0 Å². The van der Waals surface area contributed by atoms with Crippen LogP contribution in [0.3, 0.4) is 0 Å². The van der Waals surface area contributed by atoms with Crippen molar-refractivity contribution in [1.29, 1.82) is 0 Å². The van der Waals surface area contributed by atoms with Crippen LogP contribution in [0.5, 0.6) is 0 Å². The van der Waals surface area contributed by atoms with Gasteiger partial charge in [0.15, 0.2) is 0 Å². The predicted octanol–water partition coefficient (Wildman–Crippen LogP) is 4.06. The molecule has 4 heteroatoms. The number of hydrogen-bond acceptors (Lipinski definition) is 2. The molecule has 0 spiro atoms. The molecule has 1 heterocycles. The molecule has 0 aromatic carbocycles. The molecule has 2 atom stereocenters. The van der Waals surface area contributed by atoms with Crippen LogP contribution in [0.1, 0.15) is 59.4 Å². The smallest absolute Gasteiger partial charge is 0.0850 e. The molecular weight excluding hydrogens is 270 g/mol. The summed E-state index contributed by atoms with van der Waals surface area (Å²) >= 11 is 6.44. The maximum atomic E-state index is 6.44. The fourth-order valence-electron chi connectivity index (χ4n) is 2.35. The Hall–Kier alpha value is -0.540. The van der Waals surface area contributed by atoms with Crippen LogP contribution in [0.15, 0.2) is 0 Å². The summed E-state index contributed by atoms with van der Waals surface area (Å²) in [6.07, 6.45) is 2.68. The van der Waals surface area contributed by atoms with Crippen LogP contribution in [0.2, 0.25) is 5.02 Å². The second-order valence-corrected chi connectivity index (χ2v) is 7.22. The monoisotopic (exact) mass is 299 g/mol. The lowest BCUT2D eigenvalue weighted by Crippen LogP contribution is -2.31. The first-order valence-corrected chi connectivity index (χ1v) is 8.08.